The predicted octanol–water partition coefficient (Wildman–Crippen LogP) is 1.49. The van der Waals surface area contributed by atoms with Gasteiger partial charge >= 0.3 is 5.97 Å². The molecule has 0 amide bonds. The van der Waals surface area contributed by atoms with Crippen LogP contribution >= 0.6 is 0 Å². The van der Waals surface area contributed by atoms with E-state index in [0.717, 1.165) is 22.8 Å². The summed E-state index contributed by atoms with van der Waals surface area (Å²) in [6.07, 6.45) is 4.68. The number of anilines is 1. The Morgan fingerprint density at radius 1 is 1.32 bits per heavy atom. The van der Waals surface area contributed by atoms with Gasteiger partial charge in [-0.25, -0.2) is 9.97 Å². The number of rotatable bonds is 3. The largest absolute Gasteiger partial charge is 0.481 e. The molecule has 1 N–H and O–H groups in total. The Kier molecular flexibility index (Phi) is 3.79. The van der Waals surface area contributed by atoms with E-state index in [1.807, 2.05) is 26.2 Å². The van der Waals surface area contributed by atoms with E-state index >= 15 is 0 Å². The minimum Gasteiger partial charge on any atom is -0.481 e. The summed E-state index contributed by atoms with van der Waals surface area (Å²) in [6, 6.07) is 1.95. The number of aryl methyl sites for hydroxylation is 2. The smallest absolute Gasteiger partial charge is 0.306 e. The van der Waals surface area contributed by atoms with Crippen molar-refractivity contribution in [1.82, 2.24) is 19.7 Å². The van der Waals surface area contributed by atoms with Crippen LogP contribution in [0.4, 0.5) is 5.82 Å². The first-order valence-corrected chi connectivity index (χ1v) is 7.35. The monoisotopic (exact) mass is 301 g/mol. The number of carboxylic acids is 1. The molecular formula is C15H19N5O2. The normalized spacial score (nSPS) is 16.0. The van der Waals surface area contributed by atoms with Gasteiger partial charge in [0.15, 0.2) is 0 Å². The van der Waals surface area contributed by atoms with Gasteiger partial charge in [-0.15, -0.1) is 0 Å². The van der Waals surface area contributed by atoms with Crippen LogP contribution in [0.1, 0.15) is 18.4 Å². The van der Waals surface area contributed by atoms with Gasteiger partial charge in [0.05, 0.1) is 23.5 Å². The highest BCUT2D eigenvalue weighted by atomic mass is 16.4. The maximum absolute atomic E-state index is 11.0. The highest BCUT2D eigenvalue weighted by Gasteiger charge is 2.25. The number of carbonyl (C=O) groups is 1. The zero-order valence-corrected chi connectivity index (χ0v) is 12.7. The second-order valence-electron chi connectivity index (χ2n) is 5.66. The maximum Gasteiger partial charge on any atom is 0.306 e. The van der Waals surface area contributed by atoms with Crippen molar-refractivity contribution in [2.75, 3.05) is 18.0 Å². The van der Waals surface area contributed by atoms with Crippen LogP contribution in [0, 0.1) is 12.8 Å². The molecule has 1 fully saturated rings. The average Bonchev–Trinajstić information content (AvgIpc) is 2.86. The van der Waals surface area contributed by atoms with E-state index in [4.69, 9.17) is 5.11 Å². The van der Waals surface area contributed by atoms with Crippen molar-refractivity contribution < 1.29 is 9.90 Å². The minimum absolute atomic E-state index is 0.239. The second kappa shape index (κ2) is 5.75. The third-order valence-electron chi connectivity index (χ3n) is 4.19. The van der Waals surface area contributed by atoms with E-state index in [2.05, 4.69) is 20.0 Å². The van der Waals surface area contributed by atoms with Crippen molar-refractivity contribution in [3.05, 3.63) is 24.2 Å². The van der Waals surface area contributed by atoms with E-state index in [0.29, 0.717) is 25.9 Å². The van der Waals surface area contributed by atoms with Crippen LogP contribution < -0.4 is 4.90 Å². The summed E-state index contributed by atoms with van der Waals surface area (Å²) in [7, 11) is 1.89. The Bertz CT molecular complexity index is 669. The van der Waals surface area contributed by atoms with Crippen LogP contribution in [-0.2, 0) is 11.8 Å². The summed E-state index contributed by atoms with van der Waals surface area (Å²) in [5, 5.41) is 13.3. The molecule has 0 aliphatic carbocycles. The standard InChI is InChI=1S/C15H19N5O2/c1-10-8-18-19(2)14(10)12-7-13(17-9-16-12)20-5-3-11(4-6-20)15(21)22/h7-9,11H,3-6H2,1-2H3,(H,21,22). The number of aliphatic carboxylic acids is 1. The summed E-state index contributed by atoms with van der Waals surface area (Å²) in [5.74, 6) is -0.0974. The minimum atomic E-state index is -0.700. The zero-order chi connectivity index (χ0) is 15.7. The van der Waals surface area contributed by atoms with Gasteiger partial charge in [0.25, 0.3) is 0 Å². The lowest BCUT2D eigenvalue weighted by Crippen LogP contribution is -2.36. The lowest BCUT2D eigenvalue weighted by Gasteiger charge is -2.31. The maximum atomic E-state index is 11.0. The van der Waals surface area contributed by atoms with Crippen molar-refractivity contribution in [3.63, 3.8) is 0 Å². The molecule has 0 saturated carbocycles. The van der Waals surface area contributed by atoms with Crippen molar-refractivity contribution >= 4 is 11.8 Å². The molecule has 1 aliphatic rings. The van der Waals surface area contributed by atoms with E-state index < -0.39 is 5.97 Å². The van der Waals surface area contributed by atoms with Gasteiger partial charge in [-0.1, -0.05) is 0 Å². The Hall–Kier alpha value is -2.44. The summed E-state index contributed by atoms with van der Waals surface area (Å²) in [4.78, 5) is 21.8. The molecule has 1 aliphatic heterocycles. The fraction of sp³-hybridized carbons (Fsp3) is 0.467. The van der Waals surface area contributed by atoms with Gasteiger partial charge in [0.1, 0.15) is 12.1 Å². The first kappa shape index (κ1) is 14.5. The molecule has 0 bridgehead atoms. The molecule has 3 rings (SSSR count). The third kappa shape index (κ3) is 2.66. The first-order chi connectivity index (χ1) is 10.6. The molecular weight excluding hydrogens is 282 g/mol. The number of nitrogens with zero attached hydrogens (tertiary/aromatic N) is 5. The number of aromatic nitrogens is 4. The summed E-state index contributed by atoms with van der Waals surface area (Å²) in [6.45, 7) is 3.41. The highest BCUT2D eigenvalue weighted by Crippen LogP contribution is 2.26. The first-order valence-electron chi connectivity index (χ1n) is 7.35. The molecule has 0 radical (unpaired) electrons. The van der Waals surface area contributed by atoms with Crippen LogP contribution in [0.3, 0.4) is 0 Å². The zero-order valence-electron chi connectivity index (χ0n) is 12.7. The molecule has 0 unspecified atom stereocenters. The lowest BCUT2D eigenvalue weighted by atomic mass is 9.97. The van der Waals surface area contributed by atoms with Crippen molar-refractivity contribution in [3.8, 4) is 11.4 Å². The number of hydrogen-bond acceptors (Lipinski definition) is 5. The molecule has 3 heterocycles. The van der Waals surface area contributed by atoms with Gasteiger partial charge in [-0.2, -0.15) is 5.10 Å². The molecule has 0 aromatic carbocycles. The van der Waals surface area contributed by atoms with E-state index in [1.165, 1.54) is 0 Å². The van der Waals surface area contributed by atoms with Crippen molar-refractivity contribution in [1.29, 1.82) is 0 Å². The number of piperidine rings is 1. The van der Waals surface area contributed by atoms with Crippen molar-refractivity contribution in [2.45, 2.75) is 19.8 Å². The summed E-state index contributed by atoms with van der Waals surface area (Å²) in [5.41, 5.74) is 2.88. The van der Waals surface area contributed by atoms with Crippen molar-refractivity contribution in [2.24, 2.45) is 13.0 Å². The average molecular weight is 301 g/mol. The molecule has 116 valence electrons. The Morgan fingerprint density at radius 2 is 2.05 bits per heavy atom. The van der Waals surface area contributed by atoms with Gasteiger partial charge in [-0.05, 0) is 25.3 Å². The SMILES string of the molecule is Cc1cnn(C)c1-c1cc(N2CCC(C(=O)O)CC2)ncn1. The topological polar surface area (TPSA) is 84.1 Å². The second-order valence-corrected chi connectivity index (χ2v) is 5.66. The molecule has 7 nitrogen and oxygen atoms in total. The van der Waals surface area contributed by atoms with Gasteiger partial charge in [0.2, 0.25) is 0 Å². The van der Waals surface area contributed by atoms with E-state index in [-0.39, 0.29) is 5.92 Å². The molecule has 22 heavy (non-hydrogen) atoms. The summed E-state index contributed by atoms with van der Waals surface area (Å²) >= 11 is 0. The molecule has 0 spiro atoms. The van der Waals surface area contributed by atoms with E-state index in [9.17, 15) is 4.79 Å². The lowest BCUT2D eigenvalue weighted by molar-refractivity contribution is -0.142. The third-order valence-corrected chi connectivity index (χ3v) is 4.19. The Morgan fingerprint density at radius 3 is 2.64 bits per heavy atom. The van der Waals surface area contributed by atoms with Gasteiger partial charge in [0, 0.05) is 26.2 Å². The van der Waals surface area contributed by atoms with Gasteiger partial charge < -0.3 is 10.0 Å². The van der Waals surface area contributed by atoms with Crippen LogP contribution in [0.25, 0.3) is 11.4 Å². The Labute approximate surface area is 128 Å². The van der Waals surface area contributed by atoms with Crippen LogP contribution in [0.5, 0.6) is 0 Å². The molecule has 1 saturated heterocycles. The number of hydrogen-bond donors (Lipinski definition) is 1. The Balaban J connectivity index is 1.82. The fourth-order valence-electron chi connectivity index (χ4n) is 2.92. The molecule has 7 heteroatoms. The van der Waals surface area contributed by atoms with Crippen LogP contribution in [0.15, 0.2) is 18.6 Å². The van der Waals surface area contributed by atoms with E-state index in [1.54, 1.807) is 11.0 Å². The van der Waals surface area contributed by atoms with Crippen LogP contribution in [0.2, 0.25) is 0 Å². The van der Waals surface area contributed by atoms with Crippen LogP contribution in [-0.4, -0.2) is 43.9 Å². The molecule has 2 aromatic rings. The molecule has 0 atom stereocenters. The number of carboxylic acid groups (broad SMARTS) is 1. The fourth-order valence-corrected chi connectivity index (χ4v) is 2.92. The van der Waals surface area contributed by atoms with Gasteiger partial charge in [-0.3, -0.25) is 9.48 Å². The quantitative estimate of drug-likeness (QED) is 0.924. The summed E-state index contributed by atoms with van der Waals surface area (Å²) < 4.78 is 1.80. The molecule has 2 aromatic heterocycles. The predicted molar refractivity (Wildman–Crippen MR) is 81.5 cm³/mol. The highest BCUT2D eigenvalue weighted by molar-refractivity contribution is 5.70.